The van der Waals surface area contributed by atoms with E-state index in [2.05, 4.69) is 15.6 Å². The van der Waals surface area contributed by atoms with E-state index in [4.69, 9.17) is 5.11 Å². The number of rotatable bonds is 5. The van der Waals surface area contributed by atoms with Crippen LogP contribution < -0.4 is 10.7 Å². The lowest BCUT2D eigenvalue weighted by atomic mass is 9.78. The number of aliphatic hydroxyl groups excluding tert-OH is 1. The number of alkyl halides is 4. The van der Waals surface area contributed by atoms with Crippen LogP contribution in [0.5, 0.6) is 0 Å². The van der Waals surface area contributed by atoms with Crippen LogP contribution in [0.15, 0.2) is 0 Å². The zero-order chi connectivity index (χ0) is 27.2. The van der Waals surface area contributed by atoms with Crippen molar-refractivity contribution in [1.82, 2.24) is 30.5 Å². The Morgan fingerprint density at radius 1 is 1.08 bits per heavy atom. The number of halogens is 4. The highest BCUT2D eigenvalue weighted by molar-refractivity contribution is 5.82. The summed E-state index contributed by atoms with van der Waals surface area (Å²) >= 11 is 0. The zero-order valence-corrected chi connectivity index (χ0v) is 21.9. The minimum atomic E-state index is -4.55. The molecule has 4 saturated heterocycles. The molecule has 5 rings (SSSR count). The maximum Gasteiger partial charge on any atom is 0.409 e. The summed E-state index contributed by atoms with van der Waals surface area (Å²) in [6, 6.07) is -1.32. The first kappa shape index (κ1) is 28.0. The number of hydrogen-bond donors (Lipinski definition) is 3. The van der Waals surface area contributed by atoms with Crippen LogP contribution in [-0.4, -0.2) is 119 Å². The number of carbonyl (C=O) groups excluding carboxylic acids is 2. The molecule has 38 heavy (non-hydrogen) atoms. The third kappa shape index (κ3) is 5.41. The molecule has 4 aliphatic heterocycles. The Morgan fingerprint density at radius 2 is 1.82 bits per heavy atom. The standard InChI is InChI=1S/C25H40F4N6O3/c1-32(24(38)16-8-10-33(13-16)22(37)14-36)23(25(27,28)29)15-4-6-17(7-5-15)34-9-2-3-18-19(34)12-30-21-11-20(26)31-35(18)21/h15-21,23,30-31,36H,2-14H2,1H3/t15?,16-,17?,18?,19?,20?,21?,23-/m0/s1. The lowest BCUT2D eigenvalue weighted by molar-refractivity contribution is -0.203. The summed E-state index contributed by atoms with van der Waals surface area (Å²) in [4.78, 5) is 29.5. The van der Waals surface area contributed by atoms with Gasteiger partial charge >= 0.3 is 6.18 Å². The molecule has 13 heteroatoms. The second-order valence-corrected chi connectivity index (χ2v) is 11.7. The van der Waals surface area contributed by atoms with Gasteiger partial charge in [0.2, 0.25) is 11.8 Å². The van der Waals surface area contributed by atoms with Crippen molar-refractivity contribution in [2.45, 2.75) is 94.2 Å². The summed E-state index contributed by atoms with van der Waals surface area (Å²) in [5, 5.41) is 14.5. The summed E-state index contributed by atoms with van der Waals surface area (Å²) in [5.41, 5.74) is 2.96. The number of likely N-dealkylation sites (tertiary alicyclic amines) is 2. The van der Waals surface area contributed by atoms with E-state index >= 15 is 0 Å². The maximum absolute atomic E-state index is 14.3. The van der Waals surface area contributed by atoms with Crippen molar-refractivity contribution in [2.24, 2.45) is 11.8 Å². The highest BCUT2D eigenvalue weighted by atomic mass is 19.4. The normalized spacial score (nSPS) is 37.5. The molecule has 0 radical (unpaired) electrons. The van der Waals surface area contributed by atoms with Crippen LogP contribution in [0, 0.1) is 11.8 Å². The number of aliphatic hydroxyl groups is 1. The Bertz CT molecular complexity index is 873. The average molecular weight is 549 g/mol. The molecule has 0 bridgehead atoms. The van der Waals surface area contributed by atoms with Crippen molar-refractivity contribution in [3.63, 3.8) is 0 Å². The fourth-order valence-electron chi connectivity index (χ4n) is 7.74. The van der Waals surface area contributed by atoms with Crippen LogP contribution >= 0.6 is 0 Å². The first-order chi connectivity index (χ1) is 18.1. The van der Waals surface area contributed by atoms with Gasteiger partial charge in [-0.05, 0) is 57.4 Å². The van der Waals surface area contributed by atoms with Crippen LogP contribution in [0.3, 0.4) is 0 Å². The van der Waals surface area contributed by atoms with Gasteiger partial charge in [-0.1, -0.05) is 0 Å². The molecule has 3 N–H and O–H groups in total. The molecule has 1 saturated carbocycles. The molecule has 9 nitrogen and oxygen atoms in total. The molecular weight excluding hydrogens is 508 g/mol. The Morgan fingerprint density at radius 3 is 2.50 bits per heavy atom. The predicted molar refractivity (Wildman–Crippen MR) is 130 cm³/mol. The molecule has 4 heterocycles. The van der Waals surface area contributed by atoms with Crippen LogP contribution in [0.2, 0.25) is 0 Å². The van der Waals surface area contributed by atoms with Gasteiger partial charge in [-0.3, -0.25) is 19.8 Å². The van der Waals surface area contributed by atoms with E-state index in [1.807, 2.05) is 5.01 Å². The van der Waals surface area contributed by atoms with Crippen molar-refractivity contribution in [3.05, 3.63) is 0 Å². The molecule has 4 unspecified atom stereocenters. The van der Waals surface area contributed by atoms with E-state index in [-0.39, 0.29) is 37.4 Å². The van der Waals surface area contributed by atoms with Gasteiger partial charge in [0.05, 0.1) is 12.1 Å². The van der Waals surface area contributed by atoms with Crippen LogP contribution in [0.4, 0.5) is 17.6 Å². The number of hydrogen-bond acceptors (Lipinski definition) is 7. The smallest absolute Gasteiger partial charge is 0.387 e. The summed E-state index contributed by atoms with van der Waals surface area (Å²) in [6.45, 7) is 1.27. The third-order valence-corrected chi connectivity index (χ3v) is 9.54. The van der Waals surface area contributed by atoms with Crippen molar-refractivity contribution in [1.29, 1.82) is 0 Å². The highest BCUT2D eigenvalue weighted by Crippen LogP contribution is 2.41. The summed E-state index contributed by atoms with van der Waals surface area (Å²) in [6.07, 6.45) is -0.943. The van der Waals surface area contributed by atoms with Crippen LogP contribution in [0.1, 0.15) is 51.4 Å². The second kappa shape index (κ2) is 11.1. The van der Waals surface area contributed by atoms with Gasteiger partial charge in [-0.2, -0.15) is 13.2 Å². The number of nitrogens with zero attached hydrogens (tertiary/aromatic N) is 4. The summed E-state index contributed by atoms with van der Waals surface area (Å²) in [5.74, 6) is -2.47. The zero-order valence-electron chi connectivity index (χ0n) is 21.9. The summed E-state index contributed by atoms with van der Waals surface area (Å²) < 4.78 is 57.0. The Kier molecular flexibility index (Phi) is 8.22. The van der Waals surface area contributed by atoms with Gasteiger partial charge in [0.15, 0.2) is 6.30 Å². The lowest BCUT2D eigenvalue weighted by Crippen LogP contribution is -2.70. The first-order valence-corrected chi connectivity index (χ1v) is 14.0. The first-order valence-electron chi connectivity index (χ1n) is 14.0. The highest BCUT2D eigenvalue weighted by Gasteiger charge is 2.52. The van der Waals surface area contributed by atoms with Gasteiger partial charge in [0.25, 0.3) is 0 Å². The molecule has 6 atom stereocenters. The Hall–Kier alpha value is -1.54. The van der Waals surface area contributed by atoms with Crippen molar-refractivity contribution in [3.8, 4) is 0 Å². The minimum absolute atomic E-state index is 0.0174. The monoisotopic (exact) mass is 548 g/mol. The minimum Gasteiger partial charge on any atom is -0.387 e. The second-order valence-electron chi connectivity index (χ2n) is 11.7. The van der Waals surface area contributed by atoms with Gasteiger partial charge in [0.1, 0.15) is 12.6 Å². The number of piperidine rings is 1. The van der Waals surface area contributed by atoms with Crippen molar-refractivity contribution < 1.29 is 32.3 Å². The molecule has 1 aliphatic carbocycles. The molecule has 216 valence electrons. The summed E-state index contributed by atoms with van der Waals surface area (Å²) in [7, 11) is 1.24. The maximum atomic E-state index is 14.3. The van der Waals surface area contributed by atoms with Crippen LogP contribution in [0.25, 0.3) is 0 Å². The number of hydrazine groups is 1. The van der Waals surface area contributed by atoms with Gasteiger partial charge in [-0.25, -0.2) is 14.8 Å². The topological polar surface area (TPSA) is 91.4 Å². The molecule has 5 aliphatic rings. The van der Waals surface area contributed by atoms with Gasteiger partial charge in [-0.15, -0.1) is 0 Å². The molecule has 0 spiro atoms. The Balaban J connectivity index is 1.21. The van der Waals surface area contributed by atoms with E-state index in [1.165, 1.54) is 11.9 Å². The fourth-order valence-corrected chi connectivity index (χ4v) is 7.74. The van der Waals surface area contributed by atoms with Crippen molar-refractivity contribution in [2.75, 3.05) is 39.8 Å². The third-order valence-electron chi connectivity index (χ3n) is 9.54. The predicted octanol–water partition coefficient (Wildman–Crippen LogP) is 1.04. The van der Waals surface area contributed by atoms with Crippen LogP contribution in [-0.2, 0) is 9.59 Å². The fraction of sp³-hybridized carbons (Fsp3) is 0.920. The Labute approximate surface area is 220 Å². The van der Waals surface area contributed by atoms with E-state index in [9.17, 15) is 27.2 Å². The average Bonchev–Trinajstić information content (AvgIpc) is 3.54. The lowest BCUT2D eigenvalue weighted by Gasteiger charge is -2.53. The number of nitrogens with one attached hydrogen (secondary N) is 2. The molecule has 0 aromatic rings. The van der Waals surface area contributed by atoms with E-state index < -0.39 is 48.8 Å². The number of amides is 2. The SMILES string of the molecule is CN(C(=O)[C@H]1CCN(C(=O)CO)C1)[C@@H](C1CCC(N2CCCC3C2CNC2CC(F)NN23)CC1)C(F)(F)F. The number of carbonyl (C=O) groups is 2. The van der Waals surface area contributed by atoms with E-state index in [0.29, 0.717) is 38.5 Å². The molecule has 0 aromatic heterocycles. The van der Waals surface area contributed by atoms with Gasteiger partial charge < -0.3 is 14.9 Å². The van der Waals surface area contributed by atoms with E-state index in [0.717, 1.165) is 30.8 Å². The molecule has 0 aromatic carbocycles. The van der Waals surface area contributed by atoms with Crippen molar-refractivity contribution >= 4 is 11.8 Å². The molecular formula is C25H40F4N6O3. The van der Waals surface area contributed by atoms with E-state index in [1.54, 1.807) is 0 Å². The quantitative estimate of drug-likeness (QED) is 0.350. The largest absolute Gasteiger partial charge is 0.409 e. The molecule has 2 amide bonds. The van der Waals surface area contributed by atoms with Gasteiger partial charge in [0, 0.05) is 51.2 Å². The number of fused-ring (bicyclic) bond motifs is 3. The molecule has 5 fully saturated rings.